The third-order valence-electron chi connectivity index (χ3n) is 8.70. The highest BCUT2D eigenvalue weighted by Crippen LogP contribution is 2.40. The maximum atomic E-state index is 6.45. The highest BCUT2D eigenvalue weighted by Gasteiger charge is 2.20. The summed E-state index contributed by atoms with van der Waals surface area (Å²) in [5.74, 6) is 1.83. The summed E-state index contributed by atoms with van der Waals surface area (Å²) < 4.78 is 6.45. The van der Waals surface area contributed by atoms with Gasteiger partial charge in [-0.15, -0.1) is 0 Å². The van der Waals surface area contributed by atoms with E-state index in [-0.39, 0.29) is 0 Å². The molecular weight excluding hydrogens is 574 g/mol. The molecule has 4 heteroatoms. The van der Waals surface area contributed by atoms with E-state index in [9.17, 15) is 0 Å². The van der Waals surface area contributed by atoms with Crippen LogP contribution in [0.5, 0.6) is 0 Å². The Labute approximate surface area is 271 Å². The first-order valence-corrected chi connectivity index (χ1v) is 15.7. The second kappa shape index (κ2) is 11.2. The summed E-state index contributed by atoms with van der Waals surface area (Å²) in [6, 6.07) is 56.3. The van der Waals surface area contributed by atoms with Crippen molar-refractivity contribution in [2.75, 3.05) is 0 Å². The second-order valence-electron chi connectivity index (χ2n) is 11.7. The van der Waals surface area contributed by atoms with Crippen molar-refractivity contribution in [2.45, 2.75) is 0 Å². The predicted molar refractivity (Wildman–Crippen MR) is 192 cm³/mol. The molecule has 9 rings (SSSR count). The van der Waals surface area contributed by atoms with Gasteiger partial charge in [-0.05, 0) is 63.4 Å². The molecule has 220 valence electrons. The topological polar surface area (TPSA) is 51.8 Å². The SMILES string of the molecule is c1ccc(-c2cccc(-c3nc(-c4ccc5ccccc5c4)nc(-c4cc(-c5ccccc5)cc5oc6ccccc6c45)n3)c2)cc1. The number of para-hydroxylation sites is 1. The van der Waals surface area contributed by atoms with E-state index in [1.807, 2.05) is 30.3 Å². The summed E-state index contributed by atoms with van der Waals surface area (Å²) in [6.07, 6.45) is 0. The van der Waals surface area contributed by atoms with E-state index in [1.54, 1.807) is 0 Å². The molecule has 0 aliphatic rings. The minimum atomic E-state index is 0.595. The van der Waals surface area contributed by atoms with Gasteiger partial charge in [-0.25, -0.2) is 15.0 Å². The third kappa shape index (κ3) is 4.93. The summed E-state index contributed by atoms with van der Waals surface area (Å²) in [4.78, 5) is 15.5. The van der Waals surface area contributed by atoms with Gasteiger partial charge in [0.25, 0.3) is 0 Å². The Morgan fingerprint density at radius 1 is 0.340 bits per heavy atom. The molecule has 47 heavy (non-hydrogen) atoms. The Hall–Kier alpha value is -6.39. The lowest BCUT2D eigenvalue weighted by Crippen LogP contribution is -2.01. The average molecular weight is 602 g/mol. The fraction of sp³-hybridized carbons (Fsp3) is 0. The zero-order valence-corrected chi connectivity index (χ0v) is 25.3. The van der Waals surface area contributed by atoms with Crippen molar-refractivity contribution >= 4 is 32.7 Å². The molecule has 0 bridgehead atoms. The maximum absolute atomic E-state index is 6.45. The molecule has 0 unspecified atom stereocenters. The van der Waals surface area contributed by atoms with Crippen LogP contribution in [0.3, 0.4) is 0 Å². The molecule has 0 aliphatic carbocycles. The van der Waals surface area contributed by atoms with Crippen molar-refractivity contribution in [1.29, 1.82) is 0 Å². The van der Waals surface area contributed by atoms with E-state index < -0.39 is 0 Å². The number of rotatable bonds is 5. The number of aromatic nitrogens is 3. The van der Waals surface area contributed by atoms with Crippen molar-refractivity contribution in [2.24, 2.45) is 0 Å². The molecule has 2 aromatic heterocycles. The van der Waals surface area contributed by atoms with E-state index in [0.29, 0.717) is 17.5 Å². The standard InChI is InChI=1S/C43H27N3O/c1-3-12-28(13-4-1)32-18-11-19-33(24-32)41-44-42(34-23-22-30-16-7-8-17-31(30)25-34)46-43(45-41)37-26-35(29-14-5-2-6-15-29)27-39-40(37)36-20-9-10-21-38(36)47-39/h1-27H. The molecule has 7 aromatic carbocycles. The number of nitrogens with zero attached hydrogens (tertiary/aromatic N) is 3. The first-order valence-electron chi connectivity index (χ1n) is 15.7. The van der Waals surface area contributed by atoms with Crippen LogP contribution in [0.1, 0.15) is 0 Å². The van der Waals surface area contributed by atoms with Gasteiger partial charge in [0, 0.05) is 27.5 Å². The largest absolute Gasteiger partial charge is 0.456 e. The molecule has 0 atom stereocenters. The number of furan rings is 1. The van der Waals surface area contributed by atoms with Gasteiger partial charge >= 0.3 is 0 Å². The Kier molecular flexibility index (Phi) is 6.43. The number of hydrogen-bond acceptors (Lipinski definition) is 4. The van der Waals surface area contributed by atoms with Crippen LogP contribution < -0.4 is 0 Å². The summed E-state index contributed by atoms with van der Waals surface area (Å²) in [7, 11) is 0. The monoisotopic (exact) mass is 601 g/mol. The normalized spacial score (nSPS) is 11.4. The molecule has 0 amide bonds. The summed E-state index contributed by atoms with van der Waals surface area (Å²) in [5, 5.41) is 4.31. The van der Waals surface area contributed by atoms with E-state index >= 15 is 0 Å². The Bertz CT molecular complexity index is 2570. The smallest absolute Gasteiger partial charge is 0.164 e. The first-order chi connectivity index (χ1) is 23.3. The van der Waals surface area contributed by atoms with E-state index in [0.717, 1.165) is 66.3 Å². The molecule has 0 radical (unpaired) electrons. The van der Waals surface area contributed by atoms with Crippen molar-refractivity contribution in [3.63, 3.8) is 0 Å². The van der Waals surface area contributed by atoms with Gasteiger partial charge in [-0.3, -0.25) is 0 Å². The average Bonchev–Trinajstić information content (AvgIpc) is 3.53. The highest BCUT2D eigenvalue weighted by molar-refractivity contribution is 6.13. The van der Waals surface area contributed by atoms with Crippen LogP contribution in [0.4, 0.5) is 0 Å². The Morgan fingerprint density at radius 3 is 1.72 bits per heavy atom. The Balaban J connectivity index is 1.32. The second-order valence-corrected chi connectivity index (χ2v) is 11.7. The fourth-order valence-corrected chi connectivity index (χ4v) is 6.38. The highest BCUT2D eigenvalue weighted by atomic mass is 16.3. The van der Waals surface area contributed by atoms with E-state index in [2.05, 4.69) is 133 Å². The molecule has 0 N–H and O–H groups in total. The van der Waals surface area contributed by atoms with Crippen molar-refractivity contribution in [3.8, 4) is 56.4 Å². The van der Waals surface area contributed by atoms with Crippen molar-refractivity contribution in [3.05, 3.63) is 164 Å². The lowest BCUT2D eigenvalue weighted by atomic mass is 9.98. The minimum Gasteiger partial charge on any atom is -0.456 e. The molecule has 0 saturated carbocycles. The van der Waals surface area contributed by atoms with Gasteiger partial charge in [0.05, 0.1) is 0 Å². The van der Waals surface area contributed by atoms with Gasteiger partial charge in [0.1, 0.15) is 11.2 Å². The lowest BCUT2D eigenvalue weighted by Gasteiger charge is -2.12. The molecule has 0 aliphatic heterocycles. The number of fused-ring (bicyclic) bond motifs is 4. The molecule has 0 saturated heterocycles. The van der Waals surface area contributed by atoms with Gasteiger partial charge in [-0.2, -0.15) is 0 Å². The van der Waals surface area contributed by atoms with Crippen LogP contribution in [-0.4, -0.2) is 15.0 Å². The van der Waals surface area contributed by atoms with Gasteiger partial charge in [-0.1, -0.05) is 133 Å². The molecule has 0 spiro atoms. The maximum Gasteiger partial charge on any atom is 0.164 e. The van der Waals surface area contributed by atoms with Crippen LogP contribution >= 0.6 is 0 Å². The van der Waals surface area contributed by atoms with Crippen molar-refractivity contribution in [1.82, 2.24) is 15.0 Å². The molecule has 4 nitrogen and oxygen atoms in total. The van der Waals surface area contributed by atoms with E-state index in [4.69, 9.17) is 19.4 Å². The van der Waals surface area contributed by atoms with Crippen LogP contribution in [-0.2, 0) is 0 Å². The Morgan fingerprint density at radius 2 is 0.936 bits per heavy atom. The lowest BCUT2D eigenvalue weighted by molar-refractivity contribution is 0.669. The zero-order chi connectivity index (χ0) is 31.2. The summed E-state index contributed by atoms with van der Waals surface area (Å²) >= 11 is 0. The van der Waals surface area contributed by atoms with Gasteiger partial charge < -0.3 is 4.42 Å². The minimum absolute atomic E-state index is 0.595. The fourth-order valence-electron chi connectivity index (χ4n) is 6.38. The predicted octanol–water partition coefficient (Wildman–Crippen LogP) is 11.3. The number of hydrogen-bond donors (Lipinski definition) is 0. The number of benzene rings is 7. The third-order valence-corrected chi connectivity index (χ3v) is 8.70. The van der Waals surface area contributed by atoms with Crippen LogP contribution in [0.25, 0.3) is 89.1 Å². The zero-order valence-electron chi connectivity index (χ0n) is 25.3. The van der Waals surface area contributed by atoms with Crippen LogP contribution in [0.15, 0.2) is 168 Å². The van der Waals surface area contributed by atoms with Crippen LogP contribution in [0, 0.1) is 0 Å². The van der Waals surface area contributed by atoms with Crippen molar-refractivity contribution < 1.29 is 4.42 Å². The van der Waals surface area contributed by atoms with E-state index in [1.165, 1.54) is 5.39 Å². The van der Waals surface area contributed by atoms with Crippen LogP contribution in [0.2, 0.25) is 0 Å². The molecular formula is C43H27N3O. The molecule has 0 fully saturated rings. The quantitative estimate of drug-likeness (QED) is 0.197. The summed E-state index contributed by atoms with van der Waals surface area (Å²) in [5.41, 5.74) is 8.74. The first kappa shape index (κ1) is 27.0. The molecule has 2 heterocycles. The summed E-state index contributed by atoms with van der Waals surface area (Å²) in [6.45, 7) is 0. The van der Waals surface area contributed by atoms with Gasteiger partial charge in [0.15, 0.2) is 17.5 Å². The molecule has 9 aromatic rings. The van der Waals surface area contributed by atoms with Gasteiger partial charge in [0.2, 0.25) is 0 Å².